The van der Waals surface area contributed by atoms with Crippen LogP contribution in [0.3, 0.4) is 0 Å². The molecule has 0 saturated heterocycles. The lowest BCUT2D eigenvalue weighted by Gasteiger charge is -2.35. The van der Waals surface area contributed by atoms with Gasteiger partial charge >= 0.3 is 0 Å². The van der Waals surface area contributed by atoms with Crippen molar-refractivity contribution in [3.63, 3.8) is 0 Å². The summed E-state index contributed by atoms with van der Waals surface area (Å²) in [5.74, 6) is 0. The lowest BCUT2D eigenvalue weighted by molar-refractivity contribution is 0.843. The van der Waals surface area contributed by atoms with E-state index >= 15 is 0 Å². The molecule has 10 aromatic carbocycles. The number of nitrogens with one attached hydrogen (secondary N) is 1. The van der Waals surface area contributed by atoms with Crippen molar-refractivity contribution in [2.24, 2.45) is 0 Å². The Morgan fingerprint density at radius 2 is 0.817 bits per heavy atom. The van der Waals surface area contributed by atoms with Crippen LogP contribution in [-0.2, 0) is 0 Å². The van der Waals surface area contributed by atoms with Crippen molar-refractivity contribution in [2.45, 2.75) is 6.17 Å². The van der Waals surface area contributed by atoms with E-state index in [4.69, 9.17) is 0 Å². The fourth-order valence-corrected chi connectivity index (χ4v) is 14.6. The molecule has 0 spiro atoms. The number of nitrogens with zero attached hydrogens (tertiary/aromatic N) is 1. The summed E-state index contributed by atoms with van der Waals surface area (Å²) in [7, 11) is -2.81. The predicted octanol–water partition coefficient (Wildman–Crippen LogP) is 12.0. The normalized spacial score (nSPS) is 13.6. The summed E-state index contributed by atoms with van der Waals surface area (Å²) < 4.78 is 0. The van der Waals surface area contributed by atoms with Crippen LogP contribution < -0.4 is 31.0 Å². The van der Waals surface area contributed by atoms with Gasteiger partial charge in [0.25, 0.3) is 0 Å². The number of hydrogen-bond acceptors (Lipinski definition) is 2. The maximum Gasteiger partial charge on any atom is 0.179 e. The first-order chi connectivity index (χ1) is 29.8. The van der Waals surface area contributed by atoms with Gasteiger partial charge in [-0.3, -0.25) is 0 Å². The summed E-state index contributed by atoms with van der Waals surface area (Å²) in [5.41, 5.74) is 9.68. The first-order valence-corrected chi connectivity index (χ1v) is 22.8. The molecule has 0 bridgehead atoms. The number of fused-ring (bicyclic) bond motifs is 3. The number of anilines is 3. The van der Waals surface area contributed by atoms with E-state index in [1.54, 1.807) is 0 Å². The van der Waals surface area contributed by atoms with Crippen LogP contribution in [0.2, 0.25) is 0 Å². The SMILES string of the molecule is c1ccc(-c2cccc([Si](c3ccccc3)(c3ccccc3)c3ccc(-c4c5ccccc5c(C5Nc6ccccc6N5c5ccccc5)c5ccccc45)cc3)c2)cc1. The van der Waals surface area contributed by atoms with Gasteiger partial charge in [-0.2, -0.15) is 0 Å². The Kier molecular flexibility index (Phi) is 8.95. The minimum absolute atomic E-state index is 0.106. The summed E-state index contributed by atoms with van der Waals surface area (Å²) in [6.07, 6.45) is -0.106. The van der Waals surface area contributed by atoms with Crippen molar-refractivity contribution in [1.29, 1.82) is 0 Å². The van der Waals surface area contributed by atoms with E-state index in [2.05, 4.69) is 253 Å². The van der Waals surface area contributed by atoms with Crippen molar-refractivity contribution >= 4 is 67.4 Å². The van der Waals surface area contributed by atoms with Crippen LogP contribution in [0.15, 0.2) is 243 Å². The van der Waals surface area contributed by atoms with Crippen molar-refractivity contribution in [3.8, 4) is 22.3 Å². The van der Waals surface area contributed by atoms with E-state index in [0.29, 0.717) is 0 Å². The highest BCUT2D eigenvalue weighted by Gasteiger charge is 2.42. The zero-order valence-corrected chi connectivity index (χ0v) is 34.1. The molecule has 1 aliphatic rings. The molecule has 3 heteroatoms. The van der Waals surface area contributed by atoms with Crippen molar-refractivity contribution in [3.05, 3.63) is 248 Å². The van der Waals surface area contributed by atoms with Gasteiger partial charge in [0.2, 0.25) is 0 Å². The highest BCUT2D eigenvalue weighted by molar-refractivity contribution is 7.19. The van der Waals surface area contributed by atoms with Gasteiger partial charge in [-0.1, -0.05) is 218 Å². The maximum atomic E-state index is 3.96. The minimum Gasteiger partial charge on any atom is -0.359 e. The molecule has 0 fully saturated rings. The molecule has 0 saturated carbocycles. The van der Waals surface area contributed by atoms with Crippen LogP contribution in [0.5, 0.6) is 0 Å². The Hall–Kier alpha value is -7.46. The van der Waals surface area contributed by atoms with E-state index in [0.717, 1.165) is 11.4 Å². The third-order valence-corrected chi connectivity index (χ3v) is 17.2. The maximum absolute atomic E-state index is 3.96. The lowest BCUT2D eigenvalue weighted by atomic mass is 9.87. The predicted molar refractivity (Wildman–Crippen MR) is 257 cm³/mol. The Balaban J connectivity index is 1.12. The highest BCUT2D eigenvalue weighted by Crippen LogP contribution is 2.50. The van der Waals surface area contributed by atoms with E-state index < -0.39 is 8.07 Å². The summed E-state index contributed by atoms with van der Waals surface area (Å²) in [6.45, 7) is 0. The van der Waals surface area contributed by atoms with Gasteiger partial charge in [-0.05, 0) is 88.8 Å². The second kappa shape index (κ2) is 15.0. The largest absolute Gasteiger partial charge is 0.359 e. The number of hydrogen-bond donors (Lipinski definition) is 1. The molecule has 60 heavy (non-hydrogen) atoms. The number of benzene rings is 10. The molecule has 1 aliphatic heterocycles. The van der Waals surface area contributed by atoms with Crippen molar-refractivity contribution in [2.75, 3.05) is 10.2 Å². The van der Waals surface area contributed by atoms with E-state index in [9.17, 15) is 0 Å². The fraction of sp³-hybridized carbons (Fsp3) is 0.0175. The third-order valence-electron chi connectivity index (χ3n) is 12.4. The number of rotatable bonds is 8. The van der Waals surface area contributed by atoms with E-state index in [1.807, 2.05) is 0 Å². The molecular weight excluding hydrogens is 741 g/mol. The minimum atomic E-state index is -2.81. The molecule has 0 radical (unpaired) electrons. The fourth-order valence-electron chi connectivity index (χ4n) is 9.83. The van der Waals surface area contributed by atoms with Crippen LogP contribution in [0.1, 0.15) is 11.7 Å². The molecule has 284 valence electrons. The van der Waals surface area contributed by atoms with Gasteiger partial charge in [0.15, 0.2) is 8.07 Å². The van der Waals surface area contributed by atoms with Crippen molar-refractivity contribution in [1.82, 2.24) is 0 Å². The van der Waals surface area contributed by atoms with Gasteiger partial charge < -0.3 is 10.2 Å². The monoisotopic (exact) mass is 782 g/mol. The van der Waals surface area contributed by atoms with Gasteiger partial charge in [0, 0.05) is 11.3 Å². The smallest absolute Gasteiger partial charge is 0.179 e. The van der Waals surface area contributed by atoms with Crippen LogP contribution in [0.4, 0.5) is 17.1 Å². The molecule has 1 N–H and O–H groups in total. The average Bonchev–Trinajstić information content (AvgIpc) is 3.72. The third kappa shape index (κ3) is 5.85. The molecule has 2 nitrogen and oxygen atoms in total. The molecule has 1 unspecified atom stereocenters. The van der Waals surface area contributed by atoms with E-state index in [1.165, 1.54) is 75.8 Å². The molecular formula is C57H42N2Si. The quantitative estimate of drug-likeness (QED) is 0.0938. The van der Waals surface area contributed by atoms with Gasteiger partial charge in [0.1, 0.15) is 6.17 Å². The molecule has 1 atom stereocenters. The molecule has 0 aromatic heterocycles. The van der Waals surface area contributed by atoms with E-state index in [-0.39, 0.29) is 6.17 Å². The lowest BCUT2D eigenvalue weighted by Crippen LogP contribution is -2.74. The molecule has 0 aliphatic carbocycles. The summed E-state index contributed by atoms with van der Waals surface area (Å²) in [5, 5.41) is 14.4. The van der Waals surface area contributed by atoms with Crippen LogP contribution in [0, 0.1) is 0 Å². The first-order valence-electron chi connectivity index (χ1n) is 20.8. The second-order valence-electron chi connectivity index (χ2n) is 15.7. The Bertz CT molecular complexity index is 3020. The Morgan fingerprint density at radius 1 is 0.350 bits per heavy atom. The van der Waals surface area contributed by atoms with Crippen LogP contribution in [0.25, 0.3) is 43.8 Å². The number of para-hydroxylation sites is 3. The molecule has 11 rings (SSSR count). The topological polar surface area (TPSA) is 15.3 Å². The van der Waals surface area contributed by atoms with Gasteiger partial charge in [0.05, 0.1) is 11.4 Å². The summed E-state index contributed by atoms with van der Waals surface area (Å²) in [4.78, 5) is 2.46. The zero-order valence-electron chi connectivity index (χ0n) is 33.1. The van der Waals surface area contributed by atoms with Gasteiger partial charge in [-0.25, -0.2) is 0 Å². The highest BCUT2D eigenvalue weighted by atomic mass is 28.3. The molecule has 1 heterocycles. The Labute approximate surface area is 352 Å². The Morgan fingerprint density at radius 3 is 1.43 bits per heavy atom. The zero-order chi connectivity index (χ0) is 39.9. The standard InChI is InChI=1S/C57H42N2Si/c1-5-20-41(21-6-1)43-22-19-29-48(40-43)60(45-25-9-3-10-26-45,46-27-11-4-12-28-46)47-38-36-42(37-39-47)55-49-30-13-15-32-51(49)56(52-33-16-14-31-50(52)55)57-58-53-34-17-18-35-54(53)59(57)44-23-7-2-8-24-44/h1-40,57-58H. The molecule has 0 amide bonds. The average molecular weight is 783 g/mol. The first kappa shape index (κ1) is 35.7. The molecule has 10 aromatic rings. The van der Waals surface area contributed by atoms with Crippen molar-refractivity contribution < 1.29 is 0 Å². The van der Waals surface area contributed by atoms with Crippen LogP contribution >= 0.6 is 0 Å². The van der Waals surface area contributed by atoms with Crippen LogP contribution in [-0.4, -0.2) is 8.07 Å². The van der Waals surface area contributed by atoms with Gasteiger partial charge in [-0.15, -0.1) is 0 Å². The summed E-state index contributed by atoms with van der Waals surface area (Å²) >= 11 is 0. The summed E-state index contributed by atoms with van der Waals surface area (Å²) in [6, 6.07) is 89.6. The second-order valence-corrected chi connectivity index (χ2v) is 19.5.